The van der Waals surface area contributed by atoms with Gasteiger partial charge in [0, 0.05) is 5.38 Å². The number of rotatable bonds is 4. The molecule has 0 atom stereocenters. The van der Waals surface area contributed by atoms with Crippen molar-refractivity contribution in [2.45, 2.75) is 13.8 Å². The Hall–Kier alpha value is -1.88. The van der Waals surface area contributed by atoms with Crippen molar-refractivity contribution in [2.24, 2.45) is 10.1 Å². The van der Waals surface area contributed by atoms with Gasteiger partial charge in [0.1, 0.15) is 5.76 Å². The van der Waals surface area contributed by atoms with Crippen molar-refractivity contribution < 1.29 is 4.42 Å². The van der Waals surface area contributed by atoms with Gasteiger partial charge in [0.2, 0.25) is 4.80 Å². The summed E-state index contributed by atoms with van der Waals surface area (Å²) in [5.41, 5.74) is 2.07. The molecule has 0 aliphatic carbocycles. The molecule has 18 heavy (non-hydrogen) atoms. The second kappa shape index (κ2) is 5.64. The van der Waals surface area contributed by atoms with Gasteiger partial charge in [-0.25, -0.2) is 4.68 Å². The number of aromatic nitrogens is 1. The largest absolute Gasteiger partial charge is 0.463 e. The summed E-state index contributed by atoms with van der Waals surface area (Å²) >= 11 is 1.57. The van der Waals surface area contributed by atoms with Crippen molar-refractivity contribution >= 4 is 17.6 Å². The summed E-state index contributed by atoms with van der Waals surface area (Å²) in [5.74, 6) is 0.721. The van der Waals surface area contributed by atoms with E-state index in [1.54, 1.807) is 28.5 Å². The zero-order valence-electron chi connectivity index (χ0n) is 10.5. The van der Waals surface area contributed by atoms with Gasteiger partial charge in [-0.1, -0.05) is 12.2 Å². The van der Waals surface area contributed by atoms with E-state index in [2.05, 4.69) is 16.7 Å². The highest BCUT2D eigenvalue weighted by Gasteiger charge is 1.99. The van der Waals surface area contributed by atoms with Crippen LogP contribution in [0.25, 0.3) is 0 Å². The Balaban J connectivity index is 2.30. The molecule has 0 aliphatic rings. The molecule has 2 heterocycles. The minimum absolute atomic E-state index is 0.621. The van der Waals surface area contributed by atoms with Gasteiger partial charge in [0.25, 0.3) is 0 Å². The Bertz CT molecular complexity index is 617. The smallest absolute Gasteiger partial charge is 0.206 e. The molecule has 0 aliphatic heterocycles. The van der Waals surface area contributed by atoms with Gasteiger partial charge in [-0.15, -0.1) is 11.3 Å². The van der Waals surface area contributed by atoms with Crippen molar-refractivity contribution in [2.75, 3.05) is 6.54 Å². The summed E-state index contributed by atoms with van der Waals surface area (Å²) in [6.45, 7) is 8.42. The monoisotopic (exact) mass is 261 g/mol. The number of hydrogen-bond donors (Lipinski definition) is 0. The van der Waals surface area contributed by atoms with Gasteiger partial charge >= 0.3 is 0 Å². The van der Waals surface area contributed by atoms with Crippen LogP contribution in [0.1, 0.15) is 18.4 Å². The number of thiazole rings is 1. The Morgan fingerprint density at radius 3 is 3.11 bits per heavy atom. The first-order valence-corrected chi connectivity index (χ1v) is 6.44. The highest BCUT2D eigenvalue weighted by atomic mass is 32.1. The van der Waals surface area contributed by atoms with Crippen LogP contribution in [-0.2, 0) is 0 Å². The molecule has 5 heteroatoms. The molecule has 0 bridgehead atoms. The lowest BCUT2D eigenvalue weighted by Gasteiger charge is -1.96. The van der Waals surface area contributed by atoms with E-state index in [1.165, 1.54) is 0 Å². The quantitative estimate of drug-likeness (QED) is 0.616. The van der Waals surface area contributed by atoms with E-state index >= 15 is 0 Å². The van der Waals surface area contributed by atoms with E-state index in [9.17, 15) is 0 Å². The maximum atomic E-state index is 5.21. The third-order valence-corrected chi connectivity index (χ3v) is 3.15. The van der Waals surface area contributed by atoms with Crippen molar-refractivity contribution in [1.29, 1.82) is 0 Å². The summed E-state index contributed by atoms with van der Waals surface area (Å²) in [4.78, 5) is 5.32. The number of nitrogens with zero attached hydrogens (tertiary/aromatic N) is 3. The minimum Gasteiger partial charge on any atom is -0.463 e. The fourth-order valence-electron chi connectivity index (χ4n) is 1.32. The van der Waals surface area contributed by atoms with Gasteiger partial charge in [0.15, 0.2) is 0 Å². The number of furan rings is 1. The van der Waals surface area contributed by atoms with Crippen molar-refractivity contribution in [3.05, 3.63) is 52.2 Å². The zero-order chi connectivity index (χ0) is 13.0. The molecule has 0 spiro atoms. The third-order valence-electron chi connectivity index (χ3n) is 2.18. The maximum Gasteiger partial charge on any atom is 0.206 e. The third kappa shape index (κ3) is 3.07. The standard InChI is InChI=1S/C13H15N3OS/c1-10(2)7-14-13-16(11(3)9-18-13)15-8-12-5-4-6-17-12/h4-6,8-9H,1,7H2,2-3H3/b14-13?,15-8-. The molecule has 2 aromatic heterocycles. The predicted molar refractivity (Wildman–Crippen MR) is 74.0 cm³/mol. The van der Waals surface area contributed by atoms with Crippen LogP contribution in [0.2, 0.25) is 0 Å². The van der Waals surface area contributed by atoms with Crippen molar-refractivity contribution in [3.8, 4) is 0 Å². The van der Waals surface area contributed by atoms with Crippen LogP contribution in [0.15, 0.2) is 50.4 Å². The molecule has 0 unspecified atom stereocenters. The van der Waals surface area contributed by atoms with E-state index in [0.29, 0.717) is 6.54 Å². The molecule has 0 saturated carbocycles. The van der Waals surface area contributed by atoms with Crippen LogP contribution >= 0.6 is 11.3 Å². The van der Waals surface area contributed by atoms with Crippen LogP contribution in [0.3, 0.4) is 0 Å². The van der Waals surface area contributed by atoms with E-state index in [0.717, 1.165) is 21.8 Å². The molecule has 0 amide bonds. The van der Waals surface area contributed by atoms with Crippen molar-refractivity contribution in [3.63, 3.8) is 0 Å². The fourth-order valence-corrected chi connectivity index (χ4v) is 2.12. The average Bonchev–Trinajstić information content (AvgIpc) is 2.94. The van der Waals surface area contributed by atoms with E-state index in [4.69, 9.17) is 4.42 Å². The molecular formula is C13H15N3OS. The molecule has 0 saturated heterocycles. The van der Waals surface area contributed by atoms with Gasteiger partial charge in [-0.3, -0.25) is 4.99 Å². The Kier molecular flexibility index (Phi) is 3.94. The molecular weight excluding hydrogens is 246 g/mol. The SMILES string of the molecule is C=C(C)CN=c1scc(C)n1/N=C\c1ccco1. The zero-order valence-corrected chi connectivity index (χ0v) is 11.3. The summed E-state index contributed by atoms with van der Waals surface area (Å²) in [5, 5.41) is 6.40. The molecule has 2 aromatic rings. The molecule has 0 N–H and O–H groups in total. The van der Waals surface area contributed by atoms with Gasteiger partial charge < -0.3 is 4.42 Å². The lowest BCUT2D eigenvalue weighted by atomic mass is 10.4. The Morgan fingerprint density at radius 1 is 1.61 bits per heavy atom. The second-order valence-electron chi connectivity index (χ2n) is 4.00. The van der Waals surface area contributed by atoms with Gasteiger partial charge in [-0.2, -0.15) is 5.10 Å². The lowest BCUT2D eigenvalue weighted by molar-refractivity contribution is 0.559. The fraction of sp³-hybridized carbons (Fsp3) is 0.231. The molecule has 0 aromatic carbocycles. The van der Waals surface area contributed by atoms with Crippen LogP contribution in [0.5, 0.6) is 0 Å². The maximum absolute atomic E-state index is 5.21. The molecule has 0 fully saturated rings. The Morgan fingerprint density at radius 2 is 2.44 bits per heavy atom. The summed E-state index contributed by atoms with van der Waals surface area (Å²) in [7, 11) is 0. The second-order valence-corrected chi connectivity index (χ2v) is 4.84. The number of aryl methyl sites for hydroxylation is 1. The minimum atomic E-state index is 0.621. The van der Waals surface area contributed by atoms with Crippen LogP contribution < -0.4 is 4.80 Å². The Labute approximate surface area is 110 Å². The highest BCUT2D eigenvalue weighted by molar-refractivity contribution is 7.07. The number of hydrogen-bond acceptors (Lipinski definition) is 4. The van der Waals surface area contributed by atoms with E-state index < -0.39 is 0 Å². The van der Waals surface area contributed by atoms with Gasteiger partial charge in [-0.05, 0) is 26.0 Å². The predicted octanol–water partition coefficient (Wildman–Crippen LogP) is 2.81. The summed E-state index contributed by atoms with van der Waals surface area (Å²) in [6, 6.07) is 3.69. The van der Waals surface area contributed by atoms with E-state index in [1.807, 2.05) is 31.4 Å². The highest BCUT2D eigenvalue weighted by Crippen LogP contribution is 2.01. The lowest BCUT2D eigenvalue weighted by Crippen LogP contribution is -2.12. The normalized spacial score (nSPS) is 12.4. The van der Waals surface area contributed by atoms with Gasteiger partial charge in [0.05, 0.1) is 24.7 Å². The first-order chi connectivity index (χ1) is 8.66. The topological polar surface area (TPSA) is 42.8 Å². The summed E-state index contributed by atoms with van der Waals surface area (Å²) in [6.07, 6.45) is 3.30. The molecule has 2 rings (SSSR count). The van der Waals surface area contributed by atoms with Crippen LogP contribution in [0.4, 0.5) is 0 Å². The van der Waals surface area contributed by atoms with E-state index in [-0.39, 0.29) is 0 Å². The van der Waals surface area contributed by atoms with Crippen LogP contribution in [-0.4, -0.2) is 17.4 Å². The summed E-state index contributed by atoms with van der Waals surface area (Å²) < 4.78 is 7.01. The molecule has 4 nitrogen and oxygen atoms in total. The molecule has 0 radical (unpaired) electrons. The molecule has 94 valence electrons. The first kappa shape index (κ1) is 12.6. The first-order valence-electron chi connectivity index (χ1n) is 5.56. The van der Waals surface area contributed by atoms with Crippen molar-refractivity contribution in [1.82, 2.24) is 4.68 Å². The van der Waals surface area contributed by atoms with Crippen LogP contribution in [0, 0.1) is 6.92 Å². The average molecular weight is 261 g/mol.